The summed E-state index contributed by atoms with van der Waals surface area (Å²) in [5.41, 5.74) is 3.00. The van der Waals surface area contributed by atoms with E-state index in [4.69, 9.17) is 0 Å². The third kappa shape index (κ3) is 3.99. The molecule has 2 heteroatoms. The minimum Gasteiger partial charge on any atom is -0.368 e. The quantitative estimate of drug-likeness (QED) is 0.760. The lowest BCUT2D eigenvalue weighted by atomic mass is 9.92. The Bertz CT molecular complexity index is 402. The van der Waals surface area contributed by atoms with Crippen LogP contribution in [-0.4, -0.2) is 25.7 Å². The van der Waals surface area contributed by atoms with Gasteiger partial charge in [0.2, 0.25) is 0 Å². The van der Waals surface area contributed by atoms with Crippen molar-refractivity contribution in [1.29, 1.82) is 0 Å². The molecule has 2 unspecified atom stereocenters. The minimum atomic E-state index is 0.641. The first kappa shape index (κ1) is 15.4. The summed E-state index contributed by atoms with van der Waals surface area (Å²) in [6.45, 7) is 10.5. The maximum absolute atomic E-state index is 3.50. The van der Waals surface area contributed by atoms with E-state index in [9.17, 15) is 0 Å². The molecule has 1 aromatic carbocycles. The van der Waals surface area contributed by atoms with Crippen molar-refractivity contribution in [3.8, 4) is 0 Å². The zero-order valence-corrected chi connectivity index (χ0v) is 13.4. The van der Waals surface area contributed by atoms with Crippen LogP contribution in [0, 0.1) is 5.92 Å². The Morgan fingerprint density at radius 2 is 2.10 bits per heavy atom. The predicted molar refractivity (Wildman–Crippen MR) is 88.5 cm³/mol. The molecular weight excluding hydrogens is 244 g/mol. The monoisotopic (exact) mass is 274 g/mol. The average molecular weight is 274 g/mol. The Hall–Kier alpha value is -1.02. The predicted octanol–water partition coefficient (Wildman–Crippen LogP) is 3.85. The third-order valence-electron chi connectivity index (χ3n) is 4.31. The number of nitrogens with zero attached hydrogens (tertiary/aromatic N) is 1. The molecule has 2 nitrogen and oxygen atoms in total. The smallest absolute Gasteiger partial charge is 0.0401 e. The van der Waals surface area contributed by atoms with Crippen LogP contribution in [0.2, 0.25) is 0 Å². The van der Waals surface area contributed by atoms with E-state index in [2.05, 4.69) is 55.3 Å². The number of fused-ring (bicyclic) bond motifs is 1. The third-order valence-corrected chi connectivity index (χ3v) is 4.31. The van der Waals surface area contributed by atoms with E-state index in [1.54, 1.807) is 0 Å². The summed E-state index contributed by atoms with van der Waals surface area (Å²) in [5.74, 6) is 0.769. The van der Waals surface area contributed by atoms with Crippen LogP contribution < -0.4 is 10.2 Å². The number of hydrogen-bond donors (Lipinski definition) is 1. The van der Waals surface area contributed by atoms with Gasteiger partial charge in [0.25, 0.3) is 0 Å². The molecule has 0 radical (unpaired) electrons. The van der Waals surface area contributed by atoms with Crippen molar-refractivity contribution in [1.82, 2.24) is 5.32 Å². The van der Waals surface area contributed by atoms with Crippen molar-refractivity contribution in [2.75, 3.05) is 24.5 Å². The van der Waals surface area contributed by atoms with Gasteiger partial charge in [0.15, 0.2) is 0 Å². The average Bonchev–Trinajstić information content (AvgIpc) is 2.46. The molecule has 0 aliphatic carbocycles. The van der Waals surface area contributed by atoms with Gasteiger partial charge in [0.1, 0.15) is 0 Å². The molecule has 2 atom stereocenters. The Morgan fingerprint density at radius 1 is 1.30 bits per heavy atom. The van der Waals surface area contributed by atoms with Crippen molar-refractivity contribution in [2.24, 2.45) is 5.92 Å². The summed E-state index contributed by atoms with van der Waals surface area (Å²) in [7, 11) is 0. The van der Waals surface area contributed by atoms with Gasteiger partial charge in [0, 0.05) is 18.3 Å². The first-order valence-electron chi connectivity index (χ1n) is 8.27. The second-order valence-electron chi connectivity index (χ2n) is 6.33. The van der Waals surface area contributed by atoms with Crippen LogP contribution in [0.15, 0.2) is 24.3 Å². The highest BCUT2D eigenvalue weighted by Crippen LogP contribution is 2.31. The first-order valence-corrected chi connectivity index (χ1v) is 8.27. The van der Waals surface area contributed by atoms with Crippen LogP contribution in [0.3, 0.4) is 0 Å². The van der Waals surface area contributed by atoms with Crippen molar-refractivity contribution in [2.45, 2.75) is 52.5 Å². The molecule has 2 rings (SSSR count). The summed E-state index contributed by atoms with van der Waals surface area (Å²) in [4.78, 5) is 2.63. The molecule has 1 aliphatic heterocycles. The van der Waals surface area contributed by atoms with Gasteiger partial charge < -0.3 is 10.2 Å². The molecule has 20 heavy (non-hydrogen) atoms. The fourth-order valence-corrected chi connectivity index (χ4v) is 3.24. The van der Waals surface area contributed by atoms with Crippen molar-refractivity contribution < 1.29 is 0 Å². The highest BCUT2D eigenvalue weighted by molar-refractivity contribution is 5.56. The molecule has 1 heterocycles. The number of anilines is 1. The molecule has 112 valence electrons. The molecule has 0 fully saturated rings. The number of para-hydroxylation sites is 1. The van der Waals surface area contributed by atoms with E-state index < -0.39 is 0 Å². The topological polar surface area (TPSA) is 15.3 Å². The van der Waals surface area contributed by atoms with Gasteiger partial charge in [-0.25, -0.2) is 0 Å². The zero-order chi connectivity index (χ0) is 14.4. The summed E-state index contributed by atoms with van der Waals surface area (Å²) >= 11 is 0. The Balaban J connectivity index is 1.91. The lowest BCUT2D eigenvalue weighted by Gasteiger charge is -2.39. The van der Waals surface area contributed by atoms with E-state index in [0.29, 0.717) is 6.04 Å². The minimum absolute atomic E-state index is 0.641. The fourth-order valence-electron chi connectivity index (χ4n) is 3.24. The number of rotatable bonds is 7. The van der Waals surface area contributed by atoms with Gasteiger partial charge in [0.05, 0.1) is 0 Å². The van der Waals surface area contributed by atoms with Crippen LogP contribution in [0.1, 0.15) is 45.6 Å². The molecule has 0 saturated carbocycles. The van der Waals surface area contributed by atoms with E-state index in [1.807, 2.05) is 0 Å². The van der Waals surface area contributed by atoms with E-state index >= 15 is 0 Å². The summed E-state index contributed by atoms with van der Waals surface area (Å²) in [5, 5.41) is 3.50. The molecule has 1 aromatic rings. The summed E-state index contributed by atoms with van der Waals surface area (Å²) in [6.07, 6.45) is 5.01. The normalized spacial score (nSPS) is 19.8. The zero-order valence-electron chi connectivity index (χ0n) is 13.4. The van der Waals surface area contributed by atoms with Gasteiger partial charge >= 0.3 is 0 Å². The lowest BCUT2D eigenvalue weighted by molar-refractivity contribution is 0.468. The van der Waals surface area contributed by atoms with Crippen molar-refractivity contribution in [3.05, 3.63) is 29.8 Å². The lowest BCUT2D eigenvalue weighted by Crippen LogP contribution is -2.41. The van der Waals surface area contributed by atoms with Crippen LogP contribution >= 0.6 is 0 Å². The number of hydrogen-bond acceptors (Lipinski definition) is 2. The van der Waals surface area contributed by atoms with Gasteiger partial charge in [-0.05, 0) is 63.2 Å². The Morgan fingerprint density at radius 3 is 2.90 bits per heavy atom. The van der Waals surface area contributed by atoms with Crippen LogP contribution in [0.5, 0.6) is 0 Å². The maximum Gasteiger partial charge on any atom is 0.0401 e. The van der Waals surface area contributed by atoms with Crippen LogP contribution in [0.4, 0.5) is 5.69 Å². The number of nitrogens with one attached hydrogen (secondary N) is 1. The van der Waals surface area contributed by atoms with Crippen LogP contribution in [0.25, 0.3) is 0 Å². The Kier molecular flexibility index (Phi) is 5.90. The second-order valence-corrected chi connectivity index (χ2v) is 6.33. The highest BCUT2D eigenvalue weighted by atomic mass is 15.2. The first-order chi connectivity index (χ1) is 9.72. The molecule has 1 aliphatic rings. The number of benzene rings is 1. The van der Waals surface area contributed by atoms with E-state index in [1.165, 1.54) is 43.5 Å². The van der Waals surface area contributed by atoms with E-state index in [0.717, 1.165) is 19.0 Å². The highest BCUT2D eigenvalue weighted by Gasteiger charge is 2.24. The van der Waals surface area contributed by atoms with Gasteiger partial charge in [-0.3, -0.25) is 0 Å². The summed E-state index contributed by atoms with van der Waals surface area (Å²) in [6, 6.07) is 9.59. The molecule has 1 N–H and O–H groups in total. The largest absolute Gasteiger partial charge is 0.368 e. The molecular formula is C18H30N2. The fraction of sp³-hybridized carbons (Fsp3) is 0.667. The van der Waals surface area contributed by atoms with Gasteiger partial charge in [-0.2, -0.15) is 0 Å². The molecule has 0 aromatic heterocycles. The van der Waals surface area contributed by atoms with Crippen molar-refractivity contribution >= 4 is 5.69 Å². The van der Waals surface area contributed by atoms with E-state index in [-0.39, 0.29) is 0 Å². The molecule has 0 saturated heterocycles. The van der Waals surface area contributed by atoms with Crippen molar-refractivity contribution in [3.63, 3.8) is 0 Å². The summed E-state index contributed by atoms with van der Waals surface area (Å²) < 4.78 is 0. The van der Waals surface area contributed by atoms with Gasteiger partial charge in [-0.1, -0.05) is 32.0 Å². The van der Waals surface area contributed by atoms with Gasteiger partial charge in [-0.15, -0.1) is 0 Å². The Labute approximate surface area is 124 Å². The molecule has 0 amide bonds. The second kappa shape index (κ2) is 7.68. The molecule has 0 spiro atoms. The van der Waals surface area contributed by atoms with Crippen LogP contribution in [-0.2, 0) is 6.42 Å². The maximum atomic E-state index is 3.50. The molecule has 0 bridgehead atoms. The standard InChI is InChI=1S/C18H30N2/c1-4-11-19-12-7-8-16(3)20-14-15(2)13-17-9-5-6-10-18(17)20/h5-6,9-10,15-16,19H,4,7-8,11-14H2,1-3H3. The SMILES string of the molecule is CCCNCCCC(C)N1CC(C)Cc2ccccc21.